The Morgan fingerprint density at radius 1 is 1.08 bits per heavy atom. The topological polar surface area (TPSA) is 57.7 Å². The van der Waals surface area contributed by atoms with Gasteiger partial charge in [-0.05, 0) is 50.7 Å². The van der Waals surface area contributed by atoms with Gasteiger partial charge in [0.05, 0.1) is 0 Å². The molecule has 2 fully saturated rings. The van der Waals surface area contributed by atoms with E-state index in [1.54, 1.807) is 6.92 Å². The van der Waals surface area contributed by atoms with Crippen molar-refractivity contribution in [2.45, 2.75) is 58.4 Å². The van der Waals surface area contributed by atoms with Crippen molar-refractivity contribution in [2.24, 2.45) is 0 Å². The summed E-state index contributed by atoms with van der Waals surface area (Å²) in [5.74, 6) is -0.0930. The predicted molar refractivity (Wildman–Crippen MR) is 95.0 cm³/mol. The normalized spacial score (nSPS) is 20.3. The molecule has 1 aromatic carbocycles. The van der Waals surface area contributed by atoms with Gasteiger partial charge in [-0.1, -0.05) is 23.8 Å². The van der Waals surface area contributed by atoms with Crippen molar-refractivity contribution < 1.29 is 14.4 Å². The quantitative estimate of drug-likeness (QED) is 0.793. The van der Waals surface area contributed by atoms with Crippen LogP contribution >= 0.6 is 0 Å². The number of nitrogens with zero attached hydrogens (tertiary/aromatic N) is 2. The van der Waals surface area contributed by atoms with Crippen molar-refractivity contribution in [2.75, 3.05) is 13.1 Å². The Kier molecular flexibility index (Phi) is 4.93. The van der Waals surface area contributed by atoms with Crippen LogP contribution in [0.15, 0.2) is 18.2 Å². The zero-order chi connectivity index (χ0) is 18.1. The third-order valence-corrected chi connectivity index (χ3v) is 5.52. The van der Waals surface area contributed by atoms with Crippen LogP contribution in [0.4, 0.5) is 0 Å². The summed E-state index contributed by atoms with van der Waals surface area (Å²) in [5.41, 5.74) is 3.95. The molecule has 25 heavy (non-hydrogen) atoms. The summed E-state index contributed by atoms with van der Waals surface area (Å²) in [5, 5.41) is 0. The van der Waals surface area contributed by atoms with Gasteiger partial charge in [-0.2, -0.15) is 0 Å². The van der Waals surface area contributed by atoms with Gasteiger partial charge in [0.2, 0.25) is 17.7 Å². The van der Waals surface area contributed by atoms with E-state index in [0.29, 0.717) is 19.0 Å². The van der Waals surface area contributed by atoms with Gasteiger partial charge in [-0.25, -0.2) is 0 Å². The largest absolute Gasteiger partial charge is 0.341 e. The molecule has 3 amide bonds. The molecule has 2 heterocycles. The molecule has 5 heteroatoms. The Bertz CT molecular complexity index is 689. The number of hydrogen-bond donors (Lipinski definition) is 0. The predicted octanol–water partition coefficient (Wildman–Crippen LogP) is 2.55. The smallest absolute Gasteiger partial charge is 0.245 e. The van der Waals surface area contributed by atoms with Crippen LogP contribution in [0.2, 0.25) is 0 Å². The van der Waals surface area contributed by atoms with E-state index in [2.05, 4.69) is 32.0 Å². The zero-order valence-corrected chi connectivity index (χ0v) is 15.2. The molecule has 1 atom stereocenters. The molecule has 0 radical (unpaired) electrons. The molecule has 2 saturated heterocycles. The van der Waals surface area contributed by atoms with Crippen LogP contribution in [0.5, 0.6) is 0 Å². The number of benzene rings is 1. The summed E-state index contributed by atoms with van der Waals surface area (Å²) in [6.07, 6.45) is 2.30. The number of carbonyl (C=O) groups is 3. The van der Waals surface area contributed by atoms with E-state index in [4.69, 9.17) is 0 Å². The first kappa shape index (κ1) is 17.6. The van der Waals surface area contributed by atoms with Crippen LogP contribution < -0.4 is 0 Å². The number of amides is 3. The fourth-order valence-electron chi connectivity index (χ4n) is 4.01. The summed E-state index contributed by atoms with van der Waals surface area (Å²) in [4.78, 5) is 39.4. The lowest BCUT2D eigenvalue weighted by molar-refractivity contribution is -0.150. The van der Waals surface area contributed by atoms with Gasteiger partial charge >= 0.3 is 0 Å². The third-order valence-electron chi connectivity index (χ3n) is 5.52. The maximum absolute atomic E-state index is 12.7. The molecule has 0 bridgehead atoms. The molecular formula is C20H26N2O3. The first-order valence-corrected chi connectivity index (χ1v) is 9.09. The number of rotatable bonds is 3. The molecule has 3 rings (SSSR count). The van der Waals surface area contributed by atoms with Crippen LogP contribution in [0.25, 0.3) is 0 Å². The summed E-state index contributed by atoms with van der Waals surface area (Å²) >= 11 is 0. The highest BCUT2D eigenvalue weighted by molar-refractivity contribution is 6.05. The summed E-state index contributed by atoms with van der Waals surface area (Å²) in [6.45, 7) is 7.27. The fraction of sp³-hybridized carbons (Fsp3) is 0.550. The van der Waals surface area contributed by atoms with Crippen molar-refractivity contribution in [1.82, 2.24) is 9.80 Å². The molecule has 2 aliphatic rings. The standard InChI is InChI=1S/C20H26N2O3/c1-13-4-5-14(2)17(12-13)16-8-10-21(11-9-16)20(25)15(3)22-18(23)6-7-19(22)24/h4-5,12,15-16H,6-11H2,1-3H3/t15-/m0/s1. The molecule has 134 valence electrons. The van der Waals surface area contributed by atoms with E-state index in [-0.39, 0.29) is 30.6 Å². The number of piperidine rings is 1. The average molecular weight is 342 g/mol. The van der Waals surface area contributed by atoms with Gasteiger partial charge in [0, 0.05) is 25.9 Å². The maximum Gasteiger partial charge on any atom is 0.245 e. The second kappa shape index (κ2) is 6.98. The minimum absolute atomic E-state index is 0.108. The van der Waals surface area contributed by atoms with Crippen molar-refractivity contribution >= 4 is 17.7 Å². The molecule has 0 aliphatic carbocycles. The molecule has 0 N–H and O–H groups in total. The Labute approximate surface area is 149 Å². The first-order valence-electron chi connectivity index (χ1n) is 9.09. The van der Waals surface area contributed by atoms with E-state index in [9.17, 15) is 14.4 Å². The van der Waals surface area contributed by atoms with Crippen LogP contribution in [0.1, 0.15) is 55.2 Å². The Morgan fingerprint density at radius 2 is 1.68 bits per heavy atom. The minimum Gasteiger partial charge on any atom is -0.341 e. The lowest BCUT2D eigenvalue weighted by Crippen LogP contribution is -2.51. The summed E-state index contributed by atoms with van der Waals surface area (Å²) in [7, 11) is 0. The monoisotopic (exact) mass is 342 g/mol. The highest BCUT2D eigenvalue weighted by Crippen LogP contribution is 2.31. The fourth-order valence-corrected chi connectivity index (χ4v) is 4.01. The van der Waals surface area contributed by atoms with E-state index in [1.807, 2.05) is 4.90 Å². The molecule has 0 saturated carbocycles. The third kappa shape index (κ3) is 3.46. The summed E-state index contributed by atoms with van der Waals surface area (Å²) in [6, 6.07) is 5.86. The Hall–Kier alpha value is -2.17. The average Bonchev–Trinajstić information content (AvgIpc) is 2.94. The number of likely N-dealkylation sites (tertiary alicyclic amines) is 2. The van der Waals surface area contributed by atoms with E-state index < -0.39 is 6.04 Å². The van der Waals surface area contributed by atoms with E-state index in [0.717, 1.165) is 17.7 Å². The van der Waals surface area contributed by atoms with Gasteiger partial charge < -0.3 is 4.90 Å². The Balaban J connectivity index is 1.64. The lowest BCUT2D eigenvalue weighted by atomic mass is 9.86. The van der Waals surface area contributed by atoms with Crippen molar-refractivity contribution in [3.05, 3.63) is 34.9 Å². The van der Waals surface area contributed by atoms with Gasteiger partial charge in [-0.3, -0.25) is 19.3 Å². The molecule has 5 nitrogen and oxygen atoms in total. The number of imide groups is 1. The summed E-state index contributed by atoms with van der Waals surface area (Å²) < 4.78 is 0. The van der Waals surface area contributed by atoms with Crippen molar-refractivity contribution in [3.63, 3.8) is 0 Å². The second-order valence-corrected chi connectivity index (χ2v) is 7.29. The molecule has 2 aliphatic heterocycles. The number of aryl methyl sites for hydroxylation is 2. The highest BCUT2D eigenvalue weighted by Gasteiger charge is 2.38. The molecule has 0 unspecified atom stereocenters. The van der Waals surface area contributed by atoms with E-state index >= 15 is 0 Å². The zero-order valence-electron chi connectivity index (χ0n) is 15.2. The van der Waals surface area contributed by atoms with Crippen molar-refractivity contribution in [3.8, 4) is 0 Å². The Morgan fingerprint density at radius 3 is 2.28 bits per heavy atom. The molecule has 0 aromatic heterocycles. The highest BCUT2D eigenvalue weighted by atomic mass is 16.2. The van der Waals surface area contributed by atoms with Crippen molar-refractivity contribution in [1.29, 1.82) is 0 Å². The SMILES string of the molecule is Cc1ccc(C)c(C2CCN(C(=O)[C@H](C)N3C(=O)CCC3=O)CC2)c1. The van der Waals surface area contributed by atoms with E-state index in [1.165, 1.54) is 16.7 Å². The van der Waals surface area contributed by atoms with Crippen LogP contribution in [0.3, 0.4) is 0 Å². The maximum atomic E-state index is 12.7. The number of hydrogen-bond acceptors (Lipinski definition) is 3. The minimum atomic E-state index is -0.681. The van der Waals surface area contributed by atoms with Crippen LogP contribution in [0, 0.1) is 13.8 Å². The lowest BCUT2D eigenvalue weighted by Gasteiger charge is -2.35. The first-order chi connectivity index (χ1) is 11.9. The van der Waals surface area contributed by atoms with Gasteiger partial charge in [0.1, 0.15) is 6.04 Å². The second-order valence-electron chi connectivity index (χ2n) is 7.29. The van der Waals surface area contributed by atoms with Gasteiger partial charge in [0.25, 0.3) is 0 Å². The number of carbonyl (C=O) groups excluding carboxylic acids is 3. The van der Waals surface area contributed by atoms with Gasteiger partial charge in [0.15, 0.2) is 0 Å². The molecule has 0 spiro atoms. The molecular weight excluding hydrogens is 316 g/mol. The van der Waals surface area contributed by atoms with Crippen LogP contribution in [-0.2, 0) is 14.4 Å². The molecule has 1 aromatic rings. The van der Waals surface area contributed by atoms with Crippen LogP contribution in [-0.4, -0.2) is 46.7 Å². The van der Waals surface area contributed by atoms with Gasteiger partial charge in [-0.15, -0.1) is 0 Å².